The van der Waals surface area contributed by atoms with Crippen LogP contribution in [0, 0.1) is 0 Å². The number of halogens is 2. The number of carbonyl (C=O) groups excluding carboxylic acids is 1. The van der Waals surface area contributed by atoms with Gasteiger partial charge in [-0.25, -0.2) is 0 Å². The number of nitrogens with zero attached hydrogens (tertiary/aromatic N) is 1. The van der Waals surface area contributed by atoms with Crippen LogP contribution < -0.4 is 5.32 Å². The molecular weight excluding hydrogens is 367 g/mol. The van der Waals surface area contributed by atoms with Gasteiger partial charge in [-0.15, -0.1) is 12.4 Å². The average molecular weight is 389 g/mol. The molecule has 2 heterocycles. The van der Waals surface area contributed by atoms with E-state index in [2.05, 4.69) is 23.5 Å². The standard InChI is InChI=1S/C21H21ClN2O.ClH/c22-16-10-8-15(9-11-16)14-23-13-12-18-17-4-1-2-5-19(17)24-20(18)6-3-7-21(24)25;/h1-2,4-5,8-11,23H,3,6-7,12-14H2;1H. The number of fused-ring (bicyclic) bond motifs is 3. The smallest absolute Gasteiger partial charge is 0.231 e. The van der Waals surface area contributed by atoms with Crippen LogP contribution in [0.5, 0.6) is 0 Å². The van der Waals surface area contributed by atoms with Crippen molar-refractivity contribution in [2.24, 2.45) is 0 Å². The molecule has 1 aliphatic heterocycles. The molecule has 0 unspecified atom stereocenters. The van der Waals surface area contributed by atoms with Crippen molar-refractivity contribution in [2.45, 2.75) is 32.2 Å². The number of hydrogen-bond acceptors (Lipinski definition) is 2. The molecule has 4 rings (SSSR count). The Kier molecular flexibility index (Phi) is 6.02. The molecule has 0 spiro atoms. The van der Waals surface area contributed by atoms with Gasteiger partial charge in [0.05, 0.1) is 5.52 Å². The third kappa shape index (κ3) is 3.66. The van der Waals surface area contributed by atoms with Crippen LogP contribution in [-0.2, 0) is 19.4 Å². The van der Waals surface area contributed by atoms with E-state index in [9.17, 15) is 4.79 Å². The maximum Gasteiger partial charge on any atom is 0.231 e. The van der Waals surface area contributed by atoms with Crippen molar-refractivity contribution in [1.29, 1.82) is 0 Å². The lowest BCUT2D eigenvalue weighted by Crippen LogP contribution is -2.21. The van der Waals surface area contributed by atoms with Crippen molar-refractivity contribution in [3.05, 3.63) is 70.4 Å². The van der Waals surface area contributed by atoms with Gasteiger partial charge in [-0.05, 0) is 55.1 Å². The molecular formula is C21H22Cl2N2O. The third-order valence-corrected chi connectivity index (χ3v) is 5.19. The maximum absolute atomic E-state index is 12.4. The lowest BCUT2D eigenvalue weighted by Gasteiger charge is -2.16. The fourth-order valence-electron chi connectivity index (χ4n) is 3.75. The SMILES string of the molecule is Cl.O=C1CCCc2c(CCNCc3ccc(Cl)cc3)c3ccccc3n21. The van der Waals surface area contributed by atoms with E-state index in [0.717, 1.165) is 42.9 Å². The van der Waals surface area contributed by atoms with E-state index in [1.165, 1.54) is 22.2 Å². The van der Waals surface area contributed by atoms with Gasteiger partial charge in [0.15, 0.2) is 0 Å². The van der Waals surface area contributed by atoms with Gasteiger partial charge in [0.2, 0.25) is 5.91 Å². The van der Waals surface area contributed by atoms with Gasteiger partial charge in [-0.2, -0.15) is 0 Å². The molecule has 136 valence electrons. The summed E-state index contributed by atoms with van der Waals surface area (Å²) >= 11 is 5.92. The van der Waals surface area contributed by atoms with Crippen molar-refractivity contribution in [3.8, 4) is 0 Å². The monoisotopic (exact) mass is 388 g/mol. The average Bonchev–Trinajstić information content (AvgIpc) is 2.95. The highest BCUT2D eigenvalue weighted by molar-refractivity contribution is 6.30. The summed E-state index contributed by atoms with van der Waals surface area (Å²) in [6.45, 7) is 1.71. The molecule has 0 atom stereocenters. The zero-order valence-electron chi connectivity index (χ0n) is 14.5. The molecule has 0 bridgehead atoms. The molecule has 1 aliphatic rings. The Hall–Kier alpha value is -1.81. The number of aromatic nitrogens is 1. The minimum Gasteiger partial charge on any atom is -0.312 e. The van der Waals surface area contributed by atoms with Crippen molar-refractivity contribution in [3.63, 3.8) is 0 Å². The molecule has 0 aliphatic carbocycles. The van der Waals surface area contributed by atoms with Crippen LogP contribution in [0.1, 0.15) is 34.5 Å². The van der Waals surface area contributed by atoms with Crippen molar-refractivity contribution in [2.75, 3.05) is 6.54 Å². The minimum atomic E-state index is 0. The summed E-state index contributed by atoms with van der Waals surface area (Å²) in [5.41, 5.74) is 4.83. The highest BCUT2D eigenvalue weighted by Crippen LogP contribution is 2.30. The molecule has 5 heteroatoms. The summed E-state index contributed by atoms with van der Waals surface area (Å²) in [5.74, 6) is 0.234. The van der Waals surface area contributed by atoms with E-state index >= 15 is 0 Å². The van der Waals surface area contributed by atoms with E-state index in [4.69, 9.17) is 11.6 Å². The Morgan fingerprint density at radius 2 is 1.81 bits per heavy atom. The zero-order valence-corrected chi connectivity index (χ0v) is 16.1. The second kappa shape index (κ2) is 8.26. The summed E-state index contributed by atoms with van der Waals surface area (Å²) in [5, 5.41) is 5.49. The number of hydrogen-bond donors (Lipinski definition) is 1. The lowest BCUT2D eigenvalue weighted by molar-refractivity contribution is 0.0889. The van der Waals surface area contributed by atoms with Crippen LogP contribution in [0.4, 0.5) is 0 Å². The first-order valence-corrected chi connectivity index (χ1v) is 9.21. The topological polar surface area (TPSA) is 34.0 Å². The Morgan fingerprint density at radius 3 is 2.62 bits per heavy atom. The second-order valence-corrected chi connectivity index (χ2v) is 7.01. The van der Waals surface area contributed by atoms with Gasteiger partial charge >= 0.3 is 0 Å². The fraction of sp³-hybridized carbons (Fsp3) is 0.286. The number of carbonyl (C=O) groups is 1. The molecule has 3 aromatic rings. The van der Waals surface area contributed by atoms with Crippen LogP contribution >= 0.6 is 24.0 Å². The second-order valence-electron chi connectivity index (χ2n) is 6.58. The lowest BCUT2D eigenvalue weighted by atomic mass is 10.0. The van der Waals surface area contributed by atoms with Crippen LogP contribution in [0.25, 0.3) is 10.9 Å². The third-order valence-electron chi connectivity index (χ3n) is 4.94. The summed E-state index contributed by atoms with van der Waals surface area (Å²) in [7, 11) is 0. The van der Waals surface area contributed by atoms with Crippen molar-refractivity contribution >= 4 is 40.8 Å². The van der Waals surface area contributed by atoms with Crippen LogP contribution in [0.2, 0.25) is 5.02 Å². The largest absolute Gasteiger partial charge is 0.312 e. The highest BCUT2D eigenvalue weighted by Gasteiger charge is 2.23. The Morgan fingerprint density at radius 1 is 1.04 bits per heavy atom. The molecule has 3 nitrogen and oxygen atoms in total. The van der Waals surface area contributed by atoms with Crippen LogP contribution in [0.15, 0.2) is 48.5 Å². The van der Waals surface area contributed by atoms with Gasteiger partial charge in [0.25, 0.3) is 0 Å². The van der Waals surface area contributed by atoms with Crippen LogP contribution in [-0.4, -0.2) is 17.0 Å². The molecule has 0 fully saturated rings. The first kappa shape index (κ1) is 19.0. The first-order chi connectivity index (χ1) is 12.2. The Balaban J connectivity index is 0.00000196. The van der Waals surface area contributed by atoms with Gasteiger partial charge in [-0.1, -0.05) is 41.9 Å². The van der Waals surface area contributed by atoms with Crippen molar-refractivity contribution in [1.82, 2.24) is 9.88 Å². The Bertz CT molecular complexity index is 916. The zero-order chi connectivity index (χ0) is 17.2. The molecule has 0 amide bonds. The Labute approximate surface area is 164 Å². The molecule has 1 aromatic heterocycles. The van der Waals surface area contributed by atoms with Gasteiger partial charge in [0.1, 0.15) is 0 Å². The van der Waals surface area contributed by atoms with E-state index in [-0.39, 0.29) is 18.3 Å². The summed E-state index contributed by atoms with van der Waals surface area (Å²) in [6, 6.07) is 16.2. The molecule has 26 heavy (non-hydrogen) atoms. The molecule has 2 aromatic carbocycles. The predicted molar refractivity (Wildman–Crippen MR) is 110 cm³/mol. The first-order valence-electron chi connectivity index (χ1n) is 8.83. The maximum atomic E-state index is 12.4. The van der Waals surface area contributed by atoms with Crippen LogP contribution in [0.3, 0.4) is 0 Å². The quantitative estimate of drug-likeness (QED) is 0.622. The normalized spacial score (nSPS) is 13.5. The minimum absolute atomic E-state index is 0. The summed E-state index contributed by atoms with van der Waals surface area (Å²) in [6.07, 6.45) is 3.54. The van der Waals surface area contributed by atoms with E-state index in [1.807, 2.05) is 34.9 Å². The number of benzene rings is 2. The van der Waals surface area contributed by atoms with Gasteiger partial charge in [-0.3, -0.25) is 9.36 Å². The van der Waals surface area contributed by atoms with E-state index < -0.39 is 0 Å². The van der Waals surface area contributed by atoms with Crippen molar-refractivity contribution < 1.29 is 4.79 Å². The summed E-state index contributed by atoms with van der Waals surface area (Å²) in [4.78, 5) is 12.4. The number of rotatable bonds is 5. The molecule has 0 saturated heterocycles. The molecule has 1 N–H and O–H groups in total. The predicted octanol–water partition coefficient (Wildman–Crippen LogP) is 5.03. The highest BCUT2D eigenvalue weighted by atomic mass is 35.5. The van der Waals surface area contributed by atoms with Gasteiger partial charge < -0.3 is 5.32 Å². The molecule has 0 radical (unpaired) electrons. The van der Waals surface area contributed by atoms with E-state index in [1.54, 1.807) is 0 Å². The van der Waals surface area contributed by atoms with E-state index in [0.29, 0.717) is 6.42 Å². The number of nitrogens with one attached hydrogen (secondary N) is 1. The fourth-order valence-corrected chi connectivity index (χ4v) is 3.88. The van der Waals surface area contributed by atoms with Gasteiger partial charge in [0, 0.05) is 29.1 Å². The molecule has 0 saturated carbocycles. The number of para-hydroxylation sites is 1. The summed E-state index contributed by atoms with van der Waals surface area (Å²) < 4.78 is 1.95.